The molecule has 0 aromatic carbocycles. The molecule has 0 aliphatic carbocycles. The highest BCUT2D eigenvalue weighted by Crippen LogP contribution is 2.00. The SMILES string of the molecule is Cc1cc(C)nc(COS(=O)O)n1. The van der Waals surface area contributed by atoms with Crippen molar-refractivity contribution in [1.82, 2.24) is 9.97 Å². The topological polar surface area (TPSA) is 72.3 Å². The zero-order valence-electron chi connectivity index (χ0n) is 7.35. The molecule has 1 aromatic heterocycles. The molecule has 1 aromatic rings. The molecule has 6 heteroatoms. The highest BCUT2D eigenvalue weighted by Gasteiger charge is 2.01. The van der Waals surface area contributed by atoms with Gasteiger partial charge in [-0.2, -0.15) is 4.21 Å². The van der Waals surface area contributed by atoms with E-state index in [9.17, 15) is 4.21 Å². The lowest BCUT2D eigenvalue weighted by atomic mass is 10.3. The maximum atomic E-state index is 10.2. The van der Waals surface area contributed by atoms with Crippen LogP contribution in [0.25, 0.3) is 0 Å². The van der Waals surface area contributed by atoms with Gasteiger partial charge in [0.25, 0.3) is 0 Å². The van der Waals surface area contributed by atoms with Gasteiger partial charge >= 0.3 is 11.4 Å². The van der Waals surface area contributed by atoms with Crippen LogP contribution in [0.5, 0.6) is 0 Å². The van der Waals surface area contributed by atoms with Crippen molar-refractivity contribution in [3.8, 4) is 0 Å². The molecule has 1 atom stereocenters. The van der Waals surface area contributed by atoms with Gasteiger partial charge in [-0.05, 0) is 19.9 Å². The Hall–Kier alpha value is -0.850. The van der Waals surface area contributed by atoms with E-state index in [1.165, 1.54) is 0 Å². The fraction of sp³-hybridized carbons (Fsp3) is 0.429. The van der Waals surface area contributed by atoms with E-state index in [4.69, 9.17) is 4.55 Å². The first kappa shape index (κ1) is 10.2. The number of nitrogens with zero attached hydrogens (tertiary/aromatic N) is 2. The van der Waals surface area contributed by atoms with Gasteiger partial charge < -0.3 is 0 Å². The fourth-order valence-corrected chi connectivity index (χ4v) is 1.17. The average molecular weight is 202 g/mol. The Morgan fingerprint density at radius 1 is 1.46 bits per heavy atom. The van der Waals surface area contributed by atoms with Crippen molar-refractivity contribution in [1.29, 1.82) is 0 Å². The van der Waals surface area contributed by atoms with E-state index in [1.54, 1.807) is 0 Å². The van der Waals surface area contributed by atoms with E-state index in [2.05, 4.69) is 14.2 Å². The second kappa shape index (κ2) is 4.40. The third kappa shape index (κ3) is 3.58. The Bertz CT molecular complexity index is 309. The standard InChI is InChI=1S/C7H10N2O3S/c1-5-3-6(2)9-7(8-5)4-12-13(10)11/h3H,4H2,1-2H3,(H,10,11). The van der Waals surface area contributed by atoms with Crippen molar-refractivity contribution in [2.24, 2.45) is 0 Å². The van der Waals surface area contributed by atoms with Crippen molar-refractivity contribution in [2.45, 2.75) is 20.5 Å². The van der Waals surface area contributed by atoms with Crippen LogP contribution in [0.2, 0.25) is 0 Å². The molecule has 0 saturated carbocycles. The molecule has 0 aliphatic heterocycles. The minimum absolute atomic E-state index is 0.0500. The minimum Gasteiger partial charge on any atom is -0.284 e. The molecule has 1 N–H and O–H groups in total. The molecule has 0 saturated heterocycles. The van der Waals surface area contributed by atoms with Gasteiger partial charge in [0.2, 0.25) is 0 Å². The molecule has 5 nitrogen and oxygen atoms in total. The number of hydrogen-bond acceptors (Lipinski definition) is 4. The van der Waals surface area contributed by atoms with Crippen LogP contribution in [0.15, 0.2) is 6.07 Å². The molecule has 0 spiro atoms. The monoisotopic (exact) mass is 202 g/mol. The predicted octanol–water partition coefficient (Wildman–Crippen LogP) is 0.747. The second-order valence-electron chi connectivity index (χ2n) is 2.55. The summed E-state index contributed by atoms with van der Waals surface area (Å²) in [4.78, 5) is 8.05. The van der Waals surface area contributed by atoms with E-state index in [-0.39, 0.29) is 6.61 Å². The smallest absolute Gasteiger partial charge is 0.284 e. The maximum absolute atomic E-state index is 10.2. The van der Waals surface area contributed by atoms with Gasteiger partial charge in [-0.25, -0.2) is 9.97 Å². The van der Waals surface area contributed by atoms with Crippen molar-refractivity contribution >= 4 is 11.4 Å². The third-order valence-electron chi connectivity index (χ3n) is 1.32. The Labute approximate surface area is 78.7 Å². The number of aromatic nitrogens is 2. The predicted molar refractivity (Wildman–Crippen MR) is 47.1 cm³/mol. The van der Waals surface area contributed by atoms with Crippen LogP contribution >= 0.6 is 0 Å². The van der Waals surface area contributed by atoms with Crippen LogP contribution in [0, 0.1) is 13.8 Å². The summed E-state index contributed by atoms with van der Waals surface area (Å²) in [6, 6.07) is 1.82. The zero-order chi connectivity index (χ0) is 9.84. The third-order valence-corrected chi connectivity index (χ3v) is 1.64. The molecular weight excluding hydrogens is 192 g/mol. The first-order chi connectivity index (χ1) is 6.08. The largest absolute Gasteiger partial charge is 0.302 e. The molecule has 0 bridgehead atoms. The van der Waals surface area contributed by atoms with Crippen molar-refractivity contribution in [3.05, 3.63) is 23.3 Å². The van der Waals surface area contributed by atoms with Crippen LogP contribution in [-0.2, 0) is 22.2 Å². The molecular formula is C7H10N2O3S. The Morgan fingerprint density at radius 2 is 2.00 bits per heavy atom. The summed E-state index contributed by atoms with van der Waals surface area (Å²) >= 11 is -2.26. The van der Waals surface area contributed by atoms with Crippen molar-refractivity contribution in [3.63, 3.8) is 0 Å². The Balaban J connectivity index is 2.71. The fourth-order valence-electron chi connectivity index (χ4n) is 0.967. The molecule has 1 heterocycles. The van der Waals surface area contributed by atoms with Gasteiger partial charge in [-0.15, -0.1) is 0 Å². The highest BCUT2D eigenvalue weighted by atomic mass is 32.2. The molecule has 0 amide bonds. The van der Waals surface area contributed by atoms with Crippen LogP contribution in [0.4, 0.5) is 0 Å². The average Bonchev–Trinajstić information content (AvgIpc) is 1.99. The molecule has 1 rings (SSSR count). The summed E-state index contributed by atoms with van der Waals surface area (Å²) in [5, 5.41) is 0. The summed E-state index contributed by atoms with van der Waals surface area (Å²) < 4.78 is 23.0. The number of hydrogen-bond donors (Lipinski definition) is 1. The summed E-state index contributed by atoms with van der Waals surface area (Å²) in [6.07, 6.45) is 0. The van der Waals surface area contributed by atoms with Gasteiger partial charge in [-0.1, -0.05) is 0 Å². The lowest BCUT2D eigenvalue weighted by Gasteiger charge is -2.01. The van der Waals surface area contributed by atoms with E-state index in [0.29, 0.717) is 5.82 Å². The summed E-state index contributed by atoms with van der Waals surface area (Å²) in [6.45, 7) is 3.60. The molecule has 0 aliphatic rings. The van der Waals surface area contributed by atoms with Gasteiger partial charge in [0, 0.05) is 11.4 Å². The van der Waals surface area contributed by atoms with Crippen LogP contribution in [-0.4, -0.2) is 18.7 Å². The molecule has 72 valence electrons. The van der Waals surface area contributed by atoms with E-state index in [0.717, 1.165) is 11.4 Å². The summed E-state index contributed by atoms with van der Waals surface area (Å²) in [7, 11) is 0. The normalized spacial score (nSPS) is 12.8. The van der Waals surface area contributed by atoms with Gasteiger partial charge in [0.05, 0.1) is 0 Å². The minimum atomic E-state index is -2.26. The number of aryl methyl sites for hydroxylation is 2. The number of rotatable bonds is 3. The first-order valence-corrected chi connectivity index (χ1v) is 4.66. The Kier molecular flexibility index (Phi) is 3.47. The maximum Gasteiger partial charge on any atom is 0.302 e. The van der Waals surface area contributed by atoms with Crippen LogP contribution in [0.3, 0.4) is 0 Å². The van der Waals surface area contributed by atoms with E-state index in [1.807, 2.05) is 19.9 Å². The molecule has 0 fully saturated rings. The van der Waals surface area contributed by atoms with Gasteiger partial charge in [-0.3, -0.25) is 8.74 Å². The van der Waals surface area contributed by atoms with Crippen molar-refractivity contribution in [2.75, 3.05) is 0 Å². The van der Waals surface area contributed by atoms with E-state index >= 15 is 0 Å². The van der Waals surface area contributed by atoms with Crippen molar-refractivity contribution < 1.29 is 12.9 Å². The lowest BCUT2D eigenvalue weighted by molar-refractivity contribution is 0.288. The summed E-state index contributed by atoms with van der Waals surface area (Å²) in [5.41, 5.74) is 1.63. The molecule has 0 radical (unpaired) electrons. The first-order valence-electron chi connectivity index (χ1n) is 3.63. The lowest BCUT2D eigenvalue weighted by Crippen LogP contribution is -2.03. The zero-order valence-corrected chi connectivity index (χ0v) is 8.17. The van der Waals surface area contributed by atoms with Gasteiger partial charge in [0.1, 0.15) is 6.61 Å². The van der Waals surface area contributed by atoms with Gasteiger partial charge in [0.15, 0.2) is 5.82 Å². The summed E-state index contributed by atoms with van der Waals surface area (Å²) in [5.74, 6) is 0.417. The quantitative estimate of drug-likeness (QED) is 0.732. The molecule has 1 unspecified atom stereocenters. The second-order valence-corrected chi connectivity index (χ2v) is 3.22. The van der Waals surface area contributed by atoms with Crippen LogP contribution < -0.4 is 0 Å². The highest BCUT2D eigenvalue weighted by molar-refractivity contribution is 7.74. The Morgan fingerprint density at radius 3 is 2.46 bits per heavy atom. The van der Waals surface area contributed by atoms with E-state index < -0.39 is 11.4 Å². The van der Waals surface area contributed by atoms with Crippen LogP contribution in [0.1, 0.15) is 17.2 Å². The molecule has 13 heavy (non-hydrogen) atoms.